The van der Waals surface area contributed by atoms with E-state index in [2.05, 4.69) is 15.5 Å². The molecule has 0 saturated heterocycles. The van der Waals surface area contributed by atoms with E-state index in [-0.39, 0.29) is 18.1 Å². The summed E-state index contributed by atoms with van der Waals surface area (Å²) in [6.07, 6.45) is 0.00331. The minimum absolute atomic E-state index is 0.00331. The number of hydrogen-bond donors (Lipinski definition) is 2. The van der Waals surface area contributed by atoms with Gasteiger partial charge in [0.1, 0.15) is 5.82 Å². The molecule has 1 unspecified atom stereocenters. The molecule has 0 spiro atoms. The maximum absolute atomic E-state index is 13.2. The number of ketones is 1. The maximum atomic E-state index is 13.2. The number of fused-ring (bicyclic) bond motifs is 1. The first kappa shape index (κ1) is 16.5. The largest absolute Gasteiger partial charge is 0.309 e. The van der Waals surface area contributed by atoms with Gasteiger partial charge in [0.05, 0.1) is 11.6 Å². The van der Waals surface area contributed by atoms with E-state index in [0.717, 1.165) is 5.56 Å². The van der Waals surface area contributed by atoms with Gasteiger partial charge in [0.25, 0.3) is 0 Å². The van der Waals surface area contributed by atoms with E-state index in [1.54, 1.807) is 12.1 Å². The van der Waals surface area contributed by atoms with E-state index in [4.69, 9.17) is 11.6 Å². The second-order valence-electron chi connectivity index (χ2n) is 6.04. The van der Waals surface area contributed by atoms with Gasteiger partial charge in [-0.15, -0.1) is 0 Å². The van der Waals surface area contributed by atoms with Crippen molar-refractivity contribution in [3.8, 4) is 11.3 Å². The molecule has 2 N–H and O–H groups in total. The van der Waals surface area contributed by atoms with Crippen LogP contribution in [0.15, 0.2) is 48.5 Å². The molecule has 0 radical (unpaired) electrons. The lowest BCUT2D eigenvalue weighted by molar-refractivity contribution is -0.116. The number of carbonyl (C=O) groups is 2. The summed E-state index contributed by atoms with van der Waals surface area (Å²) in [6.45, 7) is 0. The van der Waals surface area contributed by atoms with Crippen molar-refractivity contribution in [1.29, 1.82) is 0 Å². The number of amides is 1. The number of nitrogens with one attached hydrogen (secondary N) is 2. The number of Topliss-reactive ketones (excluding diaryl/α,β-unsaturated/α-hetero) is 1. The van der Waals surface area contributed by atoms with Crippen molar-refractivity contribution < 1.29 is 14.0 Å². The molecular weight excluding hydrogens is 357 g/mol. The van der Waals surface area contributed by atoms with Crippen LogP contribution >= 0.6 is 11.6 Å². The number of H-pyrrole nitrogens is 1. The molecular formula is C19H13ClFN3O2. The Bertz CT molecular complexity index is 997. The molecule has 2 aromatic carbocycles. The number of rotatable bonds is 3. The third-order valence-electron chi connectivity index (χ3n) is 4.38. The number of carbonyl (C=O) groups excluding carboxylic acids is 2. The summed E-state index contributed by atoms with van der Waals surface area (Å²) in [4.78, 5) is 25.0. The summed E-state index contributed by atoms with van der Waals surface area (Å²) in [5.74, 6) is -1.32. The molecule has 0 fully saturated rings. The van der Waals surface area contributed by atoms with Gasteiger partial charge in [-0.2, -0.15) is 5.10 Å². The molecule has 4 rings (SSSR count). The number of anilines is 1. The Morgan fingerprint density at radius 1 is 1.12 bits per heavy atom. The smallest absolute Gasteiger partial charge is 0.226 e. The van der Waals surface area contributed by atoms with Crippen LogP contribution in [0.5, 0.6) is 0 Å². The van der Waals surface area contributed by atoms with Crippen LogP contribution in [0.2, 0.25) is 5.02 Å². The van der Waals surface area contributed by atoms with Crippen LogP contribution < -0.4 is 5.32 Å². The first-order chi connectivity index (χ1) is 12.5. The van der Waals surface area contributed by atoms with Crippen molar-refractivity contribution in [2.45, 2.75) is 12.3 Å². The molecule has 0 aliphatic carbocycles. The third-order valence-corrected chi connectivity index (χ3v) is 4.63. The van der Waals surface area contributed by atoms with Crippen molar-refractivity contribution >= 4 is 29.1 Å². The maximum Gasteiger partial charge on any atom is 0.226 e. The molecule has 1 aliphatic rings. The zero-order valence-corrected chi connectivity index (χ0v) is 14.2. The summed E-state index contributed by atoms with van der Waals surface area (Å²) < 4.78 is 13.2. The molecule has 0 bridgehead atoms. The molecule has 1 aliphatic heterocycles. The lowest BCUT2D eigenvalue weighted by atomic mass is 9.84. The Kier molecular flexibility index (Phi) is 4.05. The van der Waals surface area contributed by atoms with Crippen molar-refractivity contribution in [1.82, 2.24) is 10.2 Å². The molecule has 1 aromatic heterocycles. The fraction of sp³-hybridized carbons (Fsp3) is 0.105. The fourth-order valence-electron chi connectivity index (χ4n) is 3.13. The number of nitrogens with zero attached hydrogens (tertiary/aromatic N) is 1. The zero-order chi connectivity index (χ0) is 18.3. The topological polar surface area (TPSA) is 74.8 Å². The highest BCUT2D eigenvalue weighted by atomic mass is 35.5. The minimum atomic E-state index is -0.700. The van der Waals surface area contributed by atoms with E-state index in [1.807, 2.05) is 12.1 Å². The standard InChI is InChI=1S/C19H13ClFN3O2/c20-12-5-1-10(2-6-12)17-16-14(9-15(25)22-19(16)24-23-17)18(26)11-3-7-13(21)8-4-11/h1-8,14H,9H2,(H2,22,23,24,25). The SMILES string of the molecule is O=C1CC(C(=O)c2ccc(F)cc2)c2c(n[nH]c2-c2ccc(Cl)cc2)N1. The van der Waals surface area contributed by atoms with Gasteiger partial charge in [-0.05, 0) is 36.4 Å². The Morgan fingerprint density at radius 2 is 1.81 bits per heavy atom. The minimum Gasteiger partial charge on any atom is -0.309 e. The molecule has 5 nitrogen and oxygen atoms in total. The first-order valence-electron chi connectivity index (χ1n) is 7.97. The number of benzene rings is 2. The molecule has 1 atom stereocenters. The van der Waals surface area contributed by atoms with Crippen LogP contribution in [0, 0.1) is 5.82 Å². The van der Waals surface area contributed by atoms with Gasteiger partial charge in [-0.3, -0.25) is 14.7 Å². The second kappa shape index (κ2) is 6.38. The summed E-state index contributed by atoms with van der Waals surface area (Å²) in [7, 11) is 0. The normalized spacial score (nSPS) is 16.1. The predicted molar refractivity (Wildman–Crippen MR) is 95.8 cm³/mol. The van der Waals surface area contributed by atoms with Crippen molar-refractivity contribution in [3.63, 3.8) is 0 Å². The number of aromatic amines is 1. The van der Waals surface area contributed by atoms with Gasteiger partial charge >= 0.3 is 0 Å². The summed E-state index contributed by atoms with van der Waals surface area (Å²) >= 11 is 5.94. The van der Waals surface area contributed by atoms with Gasteiger partial charge < -0.3 is 5.32 Å². The molecule has 2 heterocycles. The molecule has 130 valence electrons. The molecule has 1 amide bonds. The average molecular weight is 370 g/mol. The van der Waals surface area contributed by atoms with E-state index in [1.165, 1.54) is 24.3 Å². The highest BCUT2D eigenvalue weighted by molar-refractivity contribution is 6.30. The van der Waals surface area contributed by atoms with E-state index in [9.17, 15) is 14.0 Å². The number of hydrogen-bond acceptors (Lipinski definition) is 3. The first-order valence-corrected chi connectivity index (χ1v) is 8.34. The Hall–Kier alpha value is -2.99. The summed E-state index contributed by atoms with van der Waals surface area (Å²) in [5, 5.41) is 10.3. The summed E-state index contributed by atoms with van der Waals surface area (Å²) in [6, 6.07) is 12.4. The van der Waals surface area contributed by atoms with E-state index in [0.29, 0.717) is 27.7 Å². The third kappa shape index (κ3) is 2.88. The quantitative estimate of drug-likeness (QED) is 0.680. The monoisotopic (exact) mass is 369 g/mol. The van der Waals surface area contributed by atoms with Crippen molar-refractivity contribution in [2.24, 2.45) is 0 Å². The number of halogens is 2. The van der Waals surface area contributed by atoms with Crippen LogP contribution in [-0.4, -0.2) is 21.9 Å². The molecule has 0 saturated carbocycles. The predicted octanol–water partition coefficient (Wildman–Crippen LogP) is 4.18. The summed E-state index contributed by atoms with van der Waals surface area (Å²) in [5.41, 5.74) is 2.43. The lowest BCUT2D eigenvalue weighted by Gasteiger charge is -2.22. The molecule has 26 heavy (non-hydrogen) atoms. The van der Waals surface area contributed by atoms with Crippen LogP contribution in [0.4, 0.5) is 10.2 Å². The van der Waals surface area contributed by atoms with Crippen LogP contribution in [0.25, 0.3) is 11.3 Å². The zero-order valence-electron chi connectivity index (χ0n) is 13.4. The van der Waals surface area contributed by atoms with Crippen LogP contribution in [-0.2, 0) is 4.79 Å². The van der Waals surface area contributed by atoms with E-state index < -0.39 is 11.7 Å². The average Bonchev–Trinajstić information content (AvgIpc) is 3.05. The van der Waals surface area contributed by atoms with Gasteiger partial charge in [0, 0.05) is 28.1 Å². The van der Waals surface area contributed by atoms with Gasteiger partial charge in [0.2, 0.25) is 5.91 Å². The lowest BCUT2D eigenvalue weighted by Crippen LogP contribution is -2.27. The van der Waals surface area contributed by atoms with Gasteiger partial charge in [-0.1, -0.05) is 23.7 Å². The second-order valence-corrected chi connectivity index (χ2v) is 6.48. The Morgan fingerprint density at radius 3 is 2.50 bits per heavy atom. The van der Waals surface area contributed by atoms with Crippen LogP contribution in [0.1, 0.15) is 28.3 Å². The molecule has 3 aromatic rings. The Balaban J connectivity index is 1.80. The van der Waals surface area contributed by atoms with Crippen molar-refractivity contribution in [3.05, 3.63) is 70.5 Å². The fourth-order valence-corrected chi connectivity index (χ4v) is 3.26. The van der Waals surface area contributed by atoms with Gasteiger partial charge in [-0.25, -0.2) is 4.39 Å². The Labute approximate surface area is 153 Å². The number of aromatic nitrogens is 2. The van der Waals surface area contributed by atoms with Crippen molar-refractivity contribution in [2.75, 3.05) is 5.32 Å². The molecule has 7 heteroatoms. The highest BCUT2D eigenvalue weighted by Crippen LogP contribution is 2.40. The van der Waals surface area contributed by atoms with Crippen LogP contribution in [0.3, 0.4) is 0 Å². The van der Waals surface area contributed by atoms with Gasteiger partial charge in [0.15, 0.2) is 11.6 Å². The highest BCUT2D eigenvalue weighted by Gasteiger charge is 2.35. The van der Waals surface area contributed by atoms with E-state index >= 15 is 0 Å².